The summed E-state index contributed by atoms with van der Waals surface area (Å²) in [7, 11) is 0. The minimum atomic E-state index is -1.39. The summed E-state index contributed by atoms with van der Waals surface area (Å²) in [5, 5.41) is 14.9. The first-order chi connectivity index (χ1) is 14.6. The molecule has 8 nitrogen and oxygen atoms in total. The summed E-state index contributed by atoms with van der Waals surface area (Å²) < 4.78 is 5.16. The maximum absolute atomic E-state index is 13.2. The molecule has 32 heavy (non-hydrogen) atoms. The topological polar surface area (TPSA) is 108 Å². The van der Waals surface area contributed by atoms with Gasteiger partial charge in [-0.3, -0.25) is 14.5 Å². The van der Waals surface area contributed by atoms with Crippen molar-refractivity contribution in [1.29, 1.82) is 0 Å². The number of terminal acetylenes is 1. The molecule has 0 saturated carbocycles. The smallest absolute Gasteiger partial charge is 0.408 e. The largest absolute Gasteiger partial charge is 0.444 e. The van der Waals surface area contributed by atoms with Crippen molar-refractivity contribution in [1.82, 2.24) is 15.5 Å². The number of nitrogens with one attached hydrogen (secondary N) is 2. The van der Waals surface area contributed by atoms with E-state index in [2.05, 4.69) is 16.7 Å². The summed E-state index contributed by atoms with van der Waals surface area (Å²) >= 11 is 0. The first kappa shape index (κ1) is 27.0. The van der Waals surface area contributed by atoms with Crippen molar-refractivity contribution in [2.75, 3.05) is 6.61 Å². The van der Waals surface area contributed by atoms with E-state index in [-0.39, 0.29) is 0 Å². The summed E-state index contributed by atoms with van der Waals surface area (Å²) in [5.41, 5.74) is 1.07. The van der Waals surface area contributed by atoms with Gasteiger partial charge in [0.05, 0.1) is 6.61 Å². The predicted octanol–water partition coefficient (Wildman–Crippen LogP) is 2.56. The number of nitrogens with zero attached hydrogens (tertiary/aromatic N) is 1. The number of aliphatic hydroxyl groups is 1. The van der Waals surface area contributed by atoms with Gasteiger partial charge in [0, 0.05) is 11.6 Å². The zero-order valence-corrected chi connectivity index (χ0v) is 20.2. The van der Waals surface area contributed by atoms with Crippen molar-refractivity contribution in [3.05, 3.63) is 34.9 Å². The average Bonchev–Trinajstić information content (AvgIpc) is 2.63. The summed E-state index contributed by atoms with van der Waals surface area (Å²) in [6, 6.07) is 5.05. The van der Waals surface area contributed by atoms with Crippen LogP contribution in [0.3, 0.4) is 0 Å². The summed E-state index contributed by atoms with van der Waals surface area (Å²) in [4.78, 5) is 39.5. The molecule has 2 unspecified atom stereocenters. The van der Waals surface area contributed by atoms with Crippen LogP contribution in [0.4, 0.5) is 4.79 Å². The van der Waals surface area contributed by atoms with E-state index in [1.54, 1.807) is 32.9 Å². The lowest BCUT2D eigenvalue weighted by molar-refractivity contribution is -0.139. The Bertz CT molecular complexity index is 890. The lowest BCUT2D eigenvalue weighted by atomic mass is 9.97. The second-order valence-electron chi connectivity index (χ2n) is 9.70. The molecular weight excluding hydrogens is 410 g/mol. The van der Waals surface area contributed by atoms with Gasteiger partial charge in [-0.25, -0.2) is 4.79 Å². The Morgan fingerprint density at radius 1 is 1.12 bits per heavy atom. The second-order valence-corrected chi connectivity index (χ2v) is 9.70. The standard InChI is InChI=1S/C24H35N3O5/c1-10-27(21(30)18(14-28)25-22(31)32-24(7,8)9)19(20(29)26-23(4,5)6)17-12-11-15(2)16(3)13-17/h1,11-13,18-19,28H,14H2,2-9H3,(H,25,31)(H,26,29). The fraction of sp³-hybridized carbons (Fsp3) is 0.542. The molecular formula is C24H35N3O5. The monoisotopic (exact) mass is 445 g/mol. The molecule has 0 aliphatic rings. The minimum Gasteiger partial charge on any atom is -0.444 e. The van der Waals surface area contributed by atoms with E-state index in [9.17, 15) is 19.5 Å². The Morgan fingerprint density at radius 3 is 2.16 bits per heavy atom. The maximum atomic E-state index is 13.2. The molecule has 0 heterocycles. The van der Waals surface area contributed by atoms with Crippen LogP contribution in [0.25, 0.3) is 0 Å². The minimum absolute atomic E-state index is 0.485. The van der Waals surface area contributed by atoms with Gasteiger partial charge in [0.25, 0.3) is 5.91 Å². The van der Waals surface area contributed by atoms with Crippen molar-refractivity contribution < 1.29 is 24.2 Å². The van der Waals surface area contributed by atoms with Crippen molar-refractivity contribution in [3.8, 4) is 12.5 Å². The van der Waals surface area contributed by atoms with Gasteiger partial charge >= 0.3 is 6.09 Å². The van der Waals surface area contributed by atoms with Crippen molar-refractivity contribution in [3.63, 3.8) is 0 Å². The van der Waals surface area contributed by atoms with Crippen LogP contribution in [0.15, 0.2) is 18.2 Å². The summed E-state index contributed by atoms with van der Waals surface area (Å²) in [5.74, 6) is -1.30. The molecule has 1 aromatic carbocycles. The molecule has 1 rings (SSSR count). The van der Waals surface area contributed by atoms with Gasteiger partial charge in [0.15, 0.2) is 0 Å². The number of aliphatic hydroxyl groups excluding tert-OH is 1. The molecule has 3 N–H and O–H groups in total. The number of amides is 3. The Balaban J connectivity index is 3.36. The average molecular weight is 446 g/mol. The fourth-order valence-electron chi connectivity index (χ4n) is 2.86. The van der Waals surface area contributed by atoms with Crippen LogP contribution in [-0.2, 0) is 14.3 Å². The van der Waals surface area contributed by atoms with Gasteiger partial charge in [-0.15, -0.1) is 0 Å². The number of aryl methyl sites for hydroxylation is 2. The molecule has 2 atom stereocenters. The summed E-state index contributed by atoms with van der Waals surface area (Å²) in [6.45, 7) is 13.5. The van der Waals surface area contributed by atoms with E-state index >= 15 is 0 Å². The van der Waals surface area contributed by atoms with Crippen LogP contribution in [-0.4, -0.2) is 51.7 Å². The molecule has 0 spiro atoms. The van der Waals surface area contributed by atoms with E-state index < -0.39 is 47.7 Å². The number of hydrogen-bond donors (Lipinski definition) is 3. The molecule has 176 valence electrons. The third-order valence-electron chi connectivity index (χ3n) is 4.40. The molecule has 0 aromatic heterocycles. The molecule has 8 heteroatoms. The number of hydrogen-bond acceptors (Lipinski definition) is 5. The zero-order valence-electron chi connectivity index (χ0n) is 20.2. The Hall–Kier alpha value is -3.05. The number of carbonyl (C=O) groups is 3. The Kier molecular flexibility index (Phi) is 8.86. The van der Waals surface area contributed by atoms with E-state index in [0.29, 0.717) is 5.56 Å². The zero-order chi connectivity index (χ0) is 24.9. The van der Waals surface area contributed by atoms with Crippen LogP contribution in [0.2, 0.25) is 0 Å². The fourth-order valence-corrected chi connectivity index (χ4v) is 2.86. The molecule has 0 aliphatic carbocycles. The highest BCUT2D eigenvalue weighted by atomic mass is 16.6. The van der Waals surface area contributed by atoms with Gasteiger partial charge in [-0.05, 0) is 72.1 Å². The quantitative estimate of drug-likeness (QED) is 0.461. The van der Waals surface area contributed by atoms with Gasteiger partial charge in [0.2, 0.25) is 5.91 Å². The van der Waals surface area contributed by atoms with Crippen LogP contribution >= 0.6 is 0 Å². The molecule has 0 bridgehead atoms. The van der Waals surface area contributed by atoms with E-state index in [1.807, 2.05) is 40.7 Å². The van der Waals surface area contributed by atoms with Crippen molar-refractivity contribution in [2.24, 2.45) is 0 Å². The third kappa shape index (κ3) is 7.89. The second kappa shape index (κ2) is 10.5. The molecule has 0 aliphatic heterocycles. The van der Waals surface area contributed by atoms with E-state index in [1.165, 1.54) is 0 Å². The Labute approximate surface area is 190 Å². The molecule has 0 radical (unpaired) electrons. The first-order valence-corrected chi connectivity index (χ1v) is 10.4. The predicted molar refractivity (Wildman–Crippen MR) is 122 cm³/mol. The Morgan fingerprint density at radius 2 is 1.72 bits per heavy atom. The number of rotatable bonds is 6. The van der Waals surface area contributed by atoms with Gasteiger partial charge in [-0.1, -0.05) is 24.6 Å². The highest BCUT2D eigenvalue weighted by Crippen LogP contribution is 2.25. The first-order valence-electron chi connectivity index (χ1n) is 10.4. The third-order valence-corrected chi connectivity index (χ3v) is 4.40. The number of carbonyl (C=O) groups excluding carboxylic acids is 3. The summed E-state index contributed by atoms with van der Waals surface area (Å²) in [6.07, 6.45) is 4.77. The van der Waals surface area contributed by atoms with Gasteiger partial charge < -0.3 is 20.5 Å². The lowest BCUT2D eigenvalue weighted by Crippen LogP contribution is -2.54. The van der Waals surface area contributed by atoms with Crippen LogP contribution in [0.5, 0.6) is 0 Å². The molecule has 0 saturated heterocycles. The maximum Gasteiger partial charge on any atom is 0.408 e. The highest BCUT2D eigenvalue weighted by Gasteiger charge is 2.36. The van der Waals surface area contributed by atoms with Crippen molar-refractivity contribution in [2.45, 2.75) is 78.6 Å². The number of ether oxygens (including phenoxy) is 1. The van der Waals surface area contributed by atoms with E-state index in [0.717, 1.165) is 16.0 Å². The van der Waals surface area contributed by atoms with Gasteiger partial charge in [0.1, 0.15) is 17.7 Å². The lowest BCUT2D eigenvalue weighted by Gasteiger charge is -2.32. The van der Waals surface area contributed by atoms with Crippen LogP contribution < -0.4 is 10.6 Å². The number of benzene rings is 1. The molecule has 1 aromatic rings. The van der Waals surface area contributed by atoms with Crippen molar-refractivity contribution >= 4 is 17.9 Å². The SMILES string of the molecule is C#CN(C(=O)C(CO)NC(=O)OC(C)(C)C)C(C(=O)NC(C)(C)C)c1ccc(C)c(C)c1. The normalized spacial score (nSPS) is 13.4. The van der Waals surface area contributed by atoms with Crippen LogP contribution in [0, 0.1) is 26.3 Å². The number of alkyl carbamates (subject to hydrolysis) is 1. The highest BCUT2D eigenvalue weighted by molar-refractivity contribution is 5.93. The molecule has 3 amide bonds. The van der Waals surface area contributed by atoms with Gasteiger partial charge in [-0.2, -0.15) is 0 Å². The van der Waals surface area contributed by atoms with E-state index in [4.69, 9.17) is 11.2 Å². The van der Waals surface area contributed by atoms with Crippen LogP contribution in [0.1, 0.15) is 64.3 Å². The molecule has 0 fully saturated rings.